The van der Waals surface area contributed by atoms with Crippen molar-refractivity contribution in [3.63, 3.8) is 0 Å². The molecule has 1 amide bonds. The highest BCUT2D eigenvalue weighted by molar-refractivity contribution is 5.94. The number of hydrogen-bond acceptors (Lipinski definition) is 6. The van der Waals surface area contributed by atoms with Gasteiger partial charge in [-0.3, -0.25) is 4.79 Å². The van der Waals surface area contributed by atoms with E-state index in [2.05, 4.69) is 15.5 Å². The monoisotopic (exact) mass is 379 g/mol. The number of benzene rings is 2. The third-order valence-electron chi connectivity index (χ3n) is 4.61. The normalized spacial score (nSPS) is 13.6. The van der Waals surface area contributed by atoms with E-state index >= 15 is 0 Å². The van der Waals surface area contributed by atoms with Crippen LogP contribution >= 0.6 is 0 Å². The number of nitrogens with one attached hydrogen (secondary N) is 1. The van der Waals surface area contributed by atoms with Crippen LogP contribution in [0, 0.1) is 12.8 Å². The van der Waals surface area contributed by atoms with Gasteiger partial charge in [-0.2, -0.15) is 4.98 Å². The van der Waals surface area contributed by atoms with Gasteiger partial charge in [0.2, 0.25) is 18.5 Å². The summed E-state index contributed by atoms with van der Waals surface area (Å²) in [7, 11) is 0. The Hall–Kier alpha value is -3.35. The van der Waals surface area contributed by atoms with Crippen molar-refractivity contribution in [2.45, 2.75) is 26.8 Å². The standard InChI is InChI=1S/C21H21N3O4/c1-12(2)18(22-20(25)14-6-4-13(3)5-7-14)21-23-19(24-28-21)15-8-9-16-17(10-15)27-11-26-16/h4-10,12,18H,11H2,1-3H3,(H,22,25)/t18-/m0/s1. The van der Waals surface area contributed by atoms with Crippen molar-refractivity contribution in [2.24, 2.45) is 5.92 Å². The van der Waals surface area contributed by atoms with Crippen LogP contribution in [0.4, 0.5) is 0 Å². The fraction of sp³-hybridized carbons (Fsp3) is 0.286. The zero-order valence-electron chi connectivity index (χ0n) is 15.9. The summed E-state index contributed by atoms with van der Waals surface area (Å²) in [5, 5.41) is 7.07. The number of amides is 1. The summed E-state index contributed by atoms with van der Waals surface area (Å²) < 4.78 is 16.2. The maximum absolute atomic E-state index is 12.6. The first-order chi connectivity index (χ1) is 13.5. The van der Waals surface area contributed by atoms with Gasteiger partial charge in [0, 0.05) is 11.1 Å². The number of aromatic nitrogens is 2. The highest BCUT2D eigenvalue weighted by atomic mass is 16.7. The van der Waals surface area contributed by atoms with E-state index in [1.54, 1.807) is 12.1 Å². The Balaban J connectivity index is 1.55. The molecule has 4 rings (SSSR count). The van der Waals surface area contributed by atoms with Gasteiger partial charge in [0.05, 0.1) is 0 Å². The zero-order valence-corrected chi connectivity index (χ0v) is 15.9. The molecule has 1 N–H and O–H groups in total. The molecule has 3 aromatic rings. The minimum Gasteiger partial charge on any atom is -0.454 e. The van der Waals surface area contributed by atoms with Crippen molar-refractivity contribution >= 4 is 5.91 Å². The minimum atomic E-state index is -0.399. The van der Waals surface area contributed by atoms with Gasteiger partial charge < -0.3 is 19.3 Å². The largest absolute Gasteiger partial charge is 0.454 e. The lowest BCUT2D eigenvalue weighted by Gasteiger charge is -2.18. The van der Waals surface area contributed by atoms with Crippen LogP contribution in [-0.2, 0) is 0 Å². The highest BCUT2D eigenvalue weighted by Gasteiger charge is 2.26. The van der Waals surface area contributed by atoms with Crippen molar-refractivity contribution < 1.29 is 18.8 Å². The van der Waals surface area contributed by atoms with Crippen LogP contribution in [0.2, 0.25) is 0 Å². The lowest BCUT2D eigenvalue weighted by Crippen LogP contribution is -2.32. The van der Waals surface area contributed by atoms with E-state index < -0.39 is 6.04 Å². The summed E-state index contributed by atoms with van der Waals surface area (Å²) in [5.74, 6) is 2.03. The summed E-state index contributed by atoms with van der Waals surface area (Å²) in [4.78, 5) is 17.1. The molecule has 0 saturated carbocycles. The number of fused-ring (bicyclic) bond motifs is 1. The maximum atomic E-state index is 12.6. The van der Waals surface area contributed by atoms with E-state index in [0.717, 1.165) is 11.1 Å². The number of nitrogens with zero attached hydrogens (tertiary/aromatic N) is 2. The van der Waals surface area contributed by atoms with Crippen LogP contribution in [0.1, 0.15) is 41.7 Å². The molecular formula is C21H21N3O4. The molecule has 144 valence electrons. The third-order valence-corrected chi connectivity index (χ3v) is 4.61. The number of rotatable bonds is 5. The fourth-order valence-electron chi connectivity index (χ4n) is 2.96. The van der Waals surface area contributed by atoms with Crippen LogP contribution in [0.15, 0.2) is 47.0 Å². The zero-order chi connectivity index (χ0) is 19.7. The molecular weight excluding hydrogens is 358 g/mol. The van der Waals surface area contributed by atoms with Crippen molar-refractivity contribution in [3.8, 4) is 22.9 Å². The Morgan fingerprint density at radius 3 is 2.57 bits per heavy atom. The first-order valence-corrected chi connectivity index (χ1v) is 9.12. The van der Waals surface area contributed by atoms with Crippen LogP contribution in [0.5, 0.6) is 11.5 Å². The van der Waals surface area contributed by atoms with Crippen molar-refractivity contribution in [1.29, 1.82) is 0 Å². The summed E-state index contributed by atoms with van der Waals surface area (Å²) >= 11 is 0. The molecule has 0 unspecified atom stereocenters. The topological polar surface area (TPSA) is 86.5 Å². The van der Waals surface area contributed by atoms with Gasteiger partial charge in [-0.1, -0.05) is 36.7 Å². The predicted octanol–water partition coefficient (Wildman–Crippen LogP) is 3.90. The van der Waals surface area contributed by atoms with Crippen LogP contribution in [0.3, 0.4) is 0 Å². The Morgan fingerprint density at radius 2 is 1.82 bits per heavy atom. The van der Waals surface area contributed by atoms with E-state index in [1.165, 1.54) is 0 Å². The van der Waals surface area contributed by atoms with Crippen molar-refractivity contribution in [2.75, 3.05) is 6.79 Å². The van der Waals surface area contributed by atoms with Crippen LogP contribution in [-0.4, -0.2) is 22.8 Å². The molecule has 7 nitrogen and oxygen atoms in total. The SMILES string of the molecule is Cc1ccc(C(=O)N[C@H](c2nc(-c3ccc4c(c3)OCO4)no2)C(C)C)cc1. The van der Waals surface area contributed by atoms with Crippen molar-refractivity contribution in [3.05, 3.63) is 59.5 Å². The molecule has 0 fully saturated rings. The van der Waals surface area contributed by atoms with Gasteiger partial charge in [-0.05, 0) is 43.2 Å². The van der Waals surface area contributed by atoms with Crippen LogP contribution in [0.25, 0.3) is 11.4 Å². The number of aryl methyl sites for hydroxylation is 1. The molecule has 1 atom stereocenters. The quantitative estimate of drug-likeness (QED) is 0.723. The molecule has 2 heterocycles. The Morgan fingerprint density at radius 1 is 1.07 bits per heavy atom. The van der Waals surface area contributed by atoms with Gasteiger partial charge in [0.1, 0.15) is 6.04 Å². The number of hydrogen-bond donors (Lipinski definition) is 1. The number of ether oxygens (including phenoxy) is 2. The van der Waals surface area contributed by atoms with E-state index in [1.807, 2.05) is 51.1 Å². The smallest absolute Gasteiger partial charge is 0.251 e. The van der Waals surface area contributed by atoms with Gasteiger partial charge in [-0.25, -0.2) is 0 Å². The minimum absolute atomic E-state index is 0.0689. The molecule has 28 heavy (non-hydrogen) atoms. The van der Waals surface area contributed by atoms with Crippen molar-refractivity contribution in [1.82, 2.24) is 15.5 Å². The fourth-order valence-corrected chi connectivity index (χ4v) is 2.96. The Bertz CT molecular complexity index is 995. The molecule has 0 saturated heterocycles. The molecule has 0 bridgehead atoms. The van der Waals surface area contributed by atoms with Gasteiger partial charge in [0.25, 0.3) is 5.91 Å². The van der Waals surface area contributed by atoms with Crippen LogP contribution < -0.4 is 14.8 Å². The Labute approximate surface area is 162 Å². The average Bonchev–Trinajstić information content (AvgIpc) is 3.35. The molecule has 0 radical (unpaired) electrons. The second-order valence-electron chi connectivity index (χ2n) is 7.09. The first-order valence-electron chi connectivity index (χ1n) is 9.12. The molecule has 0 spiro atoms. The molecule has 1 aromatic heterocycles. The second-order valence-corrected chi connectivity index (χ2v) is 7.09. The predicted molar refractivity (Wildman–Crippen MR) is 102 cm³/mol. The second kappa shape index (κ2) is 7.34. The lowest BCUT2D eigenvalue weighted by atomic mass is 10.0. The van der Waals surface area contributed by atoms with E-state index in [4.69, 9.17) is 14.0 Å². The van der Waals surface area contributed by atoms with E-state index in [0.29, 0.717) is 28.8 Å². The lowest BCUT2D eigenvalue weighted by molar-refractivity contribution is 0.0914. The third kappa shape index (κ3) is 3.55. The highest BCUT2D eigenvalue weighted by Crippen LogP contribution is 2.35. The molecule has 1 aliphatic rings. The first kappa shape index (κ1) is 18.0. The summed E-state index contributed by atoms with van der Waals surface area (Å²) in [5.41, 5.74) is 2.45. The molecule has 2 aromatic carbocycles. The van der Waals surface area contributed by atoms with Gasteiger partial charge in [0.15, 0.2) is 11.5 Å². The molecule has 7 heteroatoms. The summed E-state index contributed by atoms with van der Waals surface area (Å²) in [6.45, 7) is 6.17. The molecule has 0 aliphatic carbocycles. The number of carbonyl (C=O) groups excluding carboxylic acids is 1. The Kier molecular flexibility index (Phi) is 4.73. The van der Waals surface area contributed by atoms with Gasteiger partial charge >= 0.3 is 0 Å². The summed E-state index contributed by atoms with van der Waals surface area (Å²) in [6, 6.07) is 12.5. The maximum Gasteiger partial charge on any atom is 0.251 e. The van der Waals surface area contributed by atoms with E-state index in [-0.39, 0.29) is 18.6 Å². The number of carbonyl (C=O) groups is 1. The average molecular weight is 379 g/mol. The summed E-state index contributed by atoms with van der Waals surface area (Å²) in [6.07, 6.45) is 0. The van der Waals surface area contributed by atoms with Gasteiger partial charge in [-0.15, -0.1) is 0 Å². The van der Waals surface area contributed by atoms with E-state index in [9.17, 15) is 4.79 Å². The molecule has 1 aliphatic heterocycles.